The minimum absolute atomic E-state index is 0. The molecule has 0 aliphatic carbocycles. The van der Waals surface area contributed by atoms with Gasteiger partial charge in [-0.3, -0.25) is 4.79 Å². The summed E-state index contributed by atoms with van der Waals surface area (Å²) in [6, 6.07) is 9.23. The monoisotopic (exact) mass is 300 g/mol. The average molecular weight is 301 g/mol. The van der Waals surface area contributed by atoms with Crippen molar-refractivity contribution >= 4 is 18.3 Å². The number of amides is 1. The molecule has 0 saturated carbocycles. The highest BCUT2D eigenvalue weighted by atomic mass is 35.5. The molecule has 0 fully saturated rings. The molecule has 1 atom stereocenters. The fourth-order valence-corrected chi connectivity index (χ4v) is 1.74. The van der Waals surface area contributed by atoms with E-state index in [1.807, 2.05) is 30.3 Å². The number of carbonyl (C=O) groups is 1. The van der Waals surface area contributed by atoms with Gasteiger partial charge in [-0.05, 0) is 30.9 Å². The van der Waals surface area contributed by atoms with Crippen molar-refractivity contribution in [1.29, 1.82) is 0 Å². The number of nitrogens with one attached hydrogen (secondary N) is 1. The lowest BCUT2D eigenvalue weighted by Gasteiger charge is -2.14. The number of nitrogens with two attached hydrogens (primary N) is 1. The summed E-state index contributed by atoms with van der Waals surface area (Å²) in [6.07, 6.45) is 1.49. The molecule has 0 saturated heterocycles. The SMILES string of the molecule is CC(C)C[C@H](N)C(=O)NCCCOc1ccccc1.Cl. The van der Waals surface area contributed by atoms with E-state index in [1.165, 1.54) is 0 Å². The molecule has 1 aromatic rings. The first-order valence-electron chi connectivity index (χ1n) is 6.80. The number of carbonyl (C=O) groups excluding carboxylic acids is 1. The molecule has 0 aliphatic rings. The summed E-state index contributed by atoms with van der Waals surface area (Å²) in [5.74, 6) is 1.21. The Bertz CT molecular complexity index is 371. The predicted molar refractivity (Wildman–Crippen MR) is 84.2 cm³/mol. The molecule has 20 heavy (non-hydrogen) atoms. The van der Waals surface area contributed by atoms with Crippen LogP contribution in [0, 0.1) is 5.92 Å². The summed E-state index contributed by atoms with van der Waals surface area (Å²) in [7, 11) is 0. The maximum Gasteiger partial charge on any atom is 0.236 e. The Morgan fingerprint density at radius 3 is 2.55 bits per heavy atom. The Labute approximate surface area is 127 Å². The van der Waals surface area contributed by atoms with Crippen molar-refractivity contribution in [2.24, 2.45) is 11.7 Å². The van der Waals surface area contributed by atoms with E-state index in [2.05, 4.69) is 19.2 Å². The number of rotatable bonds is 8. The van der Waals surface area contributed by atoms with Gasteiger partial charge in [0.25, 0.3) is 0 Å². The summed E-state index contributed by atoms with van der Waals surface area (Å²) in [5.41, 5.74) is 5.78. The molecule has 0 aliphatic heterocycles. The molecule has 0 bridgehead atoms. The van der Waals surface area contributed by atoms with Crippen LogP contribution in [0.25, 0.3) is 0 Å². The minimum atomic E-state index is -0.407. The number of hydrogen-bond acceptors (Lipinski definition) is 3. The second kappa shape index (κ2) is 10.5. The quantitative estimate of drug-likeness (QED) is 0.725. The first-order chi connectivity index (χ1) is 9.09. The van der Waals surface area contributed by atoms with Crippen molar-refractivity contribution in [3.8, 4) is 5.75 Å². The molecule has 1 amide bonds. The highest BCUT2D eigenvalue weighted by molar-refractivity contribution is 5.85. The summed E-state index contributed by atoms with van der Waals surface area (Å²) >= 11 is 0. The molecule has 0 unspecified atom stereocenters. The van der Waals surface area contributed by atoms with Crippen molar-refractivity contribution in [2.45, 2.75) is 32.7 Å². The lowest BCUT2D eigenvalue weighted by atomic mass is 10.0. The largest absolute Gasteiger partial charge is 0.494 e. The fourth-order valence-electron chi connectivity index (χ4n) is 1.74. The van der Waals surface area contributed by atoms with E-state index in [1.54, 1.807) is 0 Å². The Hall–Kier alpha value is -1.26. The van der Waals surface area contributed by atoms with E-state index in [4.69, 9.17) is 10.5 Å². The van der Waals surface area contributed by atoms with Crippen LogP contribution in [0.3, 0.4) is 0 Å². The van der Waals surface area contributed by atoms with Crippen LogP contribution < -0.4 is 15.8 Å². The number of hydrogen-bond donors (Lipinski definition) is 2. The predicted octanol–water partition coefficient (Wildman–Crippen LogP) is 2.37. The maximum absolute atomic E-state index is 11.6. The zero-order chi connectivity index (χ0) is 14.1. The van der Waals surface area contributed by atoms with Gasteiger partial charge in [-0.25, -0.2) is 0 Å². The van der Waals surface area contributed by atoms with E-state index in [0.29, 0.717) is 25.5 Å². The highest BCUT2D eigenvalue weighted by Crippen LogP contribution is 2.08. The van der Waals surface area contributed by atoms with Crippen LogP contribution in [0.5, 0.6) is 5.75 Å². The van der Waals surface area contributed by atoms with E-state index < -0.39 is 6.04 Å². The standard InChI is InChI=1S/C15H24N2O2.ClH/c1-12(2)11-14(16)15(18)17-9-6-10-19-13-7-4-3-5-8-13;/h3-5,7-8,12,14H,6,9-11,16H2,1-2H3,(H,17,18);1H/t14-;/m0./s1. The van der Waals surface area contributed by atoms with Crippen LogP contribution in [0.4, 0.5) is 0 Å². The van der Waals surface area contributed by atoms with Crippen molar-refractivity contribution in [3.05, 3.63) is 30.3 Å². The summed E-state index contributed by atoms with van der Waals surface area (Å²) in [5, 5.41) is 2.83. The Morgan fingerprint density at radius 2 is 1.95 bits per heavy atom. The van der Waals surface area contributed by atoms with Gasteiger partial charge in [-0.1, -0.05) is 32.0 Å². The van der Waals surface area contributed by atoms with Crippen molar-refractivity contribution < 1.29 is 9.53 Å². The normalized spacial score (nSPS) is 11.6. The minimum Gasteiger partial charge on any atom is -0.494 e. The summed E-state index contributed by atoms with van der Waals surface area (Å²) in [6.45, 7) is 5.29. The van der Waals surface area contributed by atoms with Gasteiger partial charge < -0.3 is 15.8 Å². The lowest BCUT2D eigenvalue weighted by molar-refractivity contribution is -0.122. The van der Waals surface area contributed by atoms with Crippen molar-refractivity contribution in [3.63, 3.8) is 0 Å². The second-order valence-electron chi connectivity index (χ2n) is 5.04. The molecular weight excluding hydrogens is 276 g/mol. The third-order valence-corrected chi connectivity index (χ3v) is 2.69. The molecule has 0 spiro atoms. The van der Waals surface area contributed by atoms with Gasteiger partial charge in [0.15, 0.2) is 0 Å². The molecule has 5 heteroatoms. The van der Waals surface area contributed by atoms with Gasteiger partial charge in [-0.15, -0.1) is 12.4 Å². The van der Waals surface area contributed by atoms with Crippen LogP contribution >= 0.6 is 12.4 Å². The smallest absolute Gasteiger partial charge is 0.236 e. The van der Waals surface area contributed by atoms with Gasteiger partial charge in [0, 0.05) is 6.54 Å². The van der Waals surface area contributed by atoms with Crippen LogP contribution in [-0.2, 0) is 4.79 Å². The summed E-state index contributed by atoms with van der Waals surface area (Å²) < 4.78 is 5.53. The molecule has 0 aromatic heterocycles. The van der Waals surface area contributed by atoms with E-state index in [9.17, 15) is 4.79 Å². The van der Waals surface area contributed by atoms with Crippen LogP contribution in [0.2, 0.25) is 0 Å². The van der Waals surface area contributed by atoms with Crippen molar-refractivity contribution in [1.82, 2.24) is 5.32 Å². The molecule has 114 valence electrons. The van der Waals surface area contributed by atoms with Crippen LogP contribution in [0.1, 0.15) is 26.7 Å². The third kappa shape index (κ3) is 8.02. The van der Waals surface area contributed by atoms with E-state index in [-0.39, 0.29) is 18.3 Å². The molecule has 1 aromatic carbocycles. The Kier molecular flexibility index (Phi) is 9.86. The Balaban J connectivity index is 0.00000361. The molecule has 1 rings (SSSR count). The van der Waals surface area contributed by atoms with Gasteiger partial charge >= 0.3 is 0 Å². The topological polar surface area (TPSA) is 64.4 Å². The molecule has 0 heterocycles. The molecule has 3 N–H and O–H groups in total. The number of halogens is 1. The van der Waals surface area contributed by atoms with Gasteiger partial charge in [0.1, 0.15) is 5.75 Å². The van der Waals surface area contributed by atoms with E-state index in [0.717, 1.165) is 12.2 Å². The summed E-state index contributed by atoms with van der Waals surface area (Å²) in [4.78, 5) is 11.6. The molecule has 4 nitrogen and oxygen atoms in total. The average Bonchev–Trinajstić information content (AvgIpc) is 2.38. The lowest BCUT2D eigenvalue weighted by Crippen LogP contribution is -2.41. The molecule has 0 radical (unpaired) electrons. The maximum atomic E-state index is 11.6. The first kappa shape index (κ1) is 18.7. The highest BCUT2D eigenvalue weighted by Gasteiger charge is 2.13. The Morgan fingerprint density at radius 1 is 1.30 bits per heavy atom. The number of benzene rings is 1. The molecular formula is C15H25ClN2O2. The fraction of sp³-hybridized carbons (Fsp3) is 0.533. The number of para-hydroxylation sites is 1. The van der Waals surface area contributed by atoms with Crippen molar-refractivity contribution in [2.75, 3.05) is 13.2 Å². The zero-order valence-electron chi connectivity index (χ0n) is 12.2. The van der Waals surface area contributed by atoms with E-state index >= 15 is 0 Å². The first-order valence-corrected chi connectivity index (χ1v) is 6.80. The van der Waals surface area contributed by atoms with Crippen LogP contribution in [0.15, 0.2) is 30.3 Å². The second-order valence-corrected chi connectivity index (χ2v) is 5.04. The zero-order valence-corrected chi connectivity index (χ0v) is 13.0. The number of ether oxygens (including phenoxy) is 1. The van der Waals surface area contributed by atoms with Gasteiger partial charge in [-0.2, -0.15) is 0 Å². The third-order valence-electron chi connectivity index (χ3n) is 2.69. The van der Waals surface area contributed by atoms with Crippen LogP contribution in [-0.4, -0.2) is 25.1 Å². The van der Waals surface area contributed by atoms with Gasteiger partial charge in [0.05, 0.1) is 12.6 Å². The van der Waals surface area contributed by atoms with Gasteiger partial charge in [0.2, 0.25) is 5.91 Å².